The zero-order valence-electron chi connectivity index (χ0n) is 20.1. The molecule has 0 aliphatic rings. The molecule has 12 heteroatoms. The zero-order chi connectivity index (χ0) is 25.7. The van der Waals surface area contributed by atoms with E-state index in [0.717, 1.165) is 0 Å². The number of carboxylic acid groups (broad SMARTS) is 1. The summed E-state index contributed by atoms with van der Waals surface area (Å²) in [5.41, 5.74) is 11.2. The summed E-state index contributed by atoms with van der Waals surface area (Å²) in [6, 6.07) is -4.38. The first-order valence-electron chi connectivity index (χ1n) is 11.0. The van der Waals surface area contributed by atoms with E-state index in [1.807, 2.05) is 27.7 Å². The Hall–Kier alpha value is -2.34. The number of carbonyl (C=O) groups is 5. The average Bonchev–Trinajstić information content (AvgIpc) is 2.73. The molecule has 0 aliphatic carbocycles. The van der Waals surface area contributed by atoms with E-state index in [-0.39, 0.29) is 24.7 Å². The number of aliphatic carboxylic acids is 1. The largest absolute Gasteiger partial charge is 0.480 e. The van der Waals surface area contributed by atoms with Gasteiger partial charge in [-0.3, -0.25) is 19.2 Å². The van der Waals surface area contributed by atoms with Gasteiger partial charge in [0.2, 0.25) is 23.6 Å². The summed E-state index contributed by atoms with van der Waals surface area (Å²) in [6.45, 7) is 7.44. The summed E-state index contributed by atoms with van der Waals surface area (Å²) in [7, 11) is 0. The lowest BCUT2D eigenvalue weighted by molar-refractivity contribution is -0.142. The lowest BCUT2D eigenvalue weighted by atomic mass is 9.97. The van der Waals surface area contributed by atoms with Crippen LogP contribution < -0.4 is 27.4 Å². The van der Waals surface area contributed by atoms with E-state index >= 15 is 0 Å². The van der Waals surface area contributed by atoms with Crippen LogP contribution in [-0.4, -0.2) is 70.9 Å². The molecule has 33 heavy (non-hydrogen) atoms. The maximum absolute atomic E-state index is 12.9. The molecule has 0 fully saturated rings. The molecule has 0 heterocycles. The standard InChI is InChI=1S/C21H39N5O6S/c1-6-12(4)17(23)20(30)26-14(9-11(2)3)18(28)25-15(10-16(22)27)19(29)24-13(21(31)32)7-8-33-5/h11-15,17H,6-10,23H2,1-5H3,(H2,22,27)(H,24,29)(H,25,28)(H,26,30)(H,31,32). The van der Waals surface area contributed by atoms with E-state index in [0.29, 0.717) is 12.2 Å². The lowest BCUT2D eigenvalue weighted by Gasteiger charge is -2.26. The van der Waals surface area contributed by atoms with Crippen LogP contribution in [0.15, 0.2) is 0 Å². The summed E-state index contributed by atoms with van der Waals surface area (Å²) in [5, 5.41) is 16.7. The molecule has 11 nitrogen and oxygen atoms in total. The predicted octanol–water partition coefficient (Wildman–Crippen LogP) is -0.427. The molecule has 4 amide bonds. The number of carbonyl (C=O) groups excluding carboxylic acids is 4. The third-order valence-electron chi connectivity index (χ3n) is 5.16. The number of hydrogen-bond donors (Lipinski definition) is 6. The second-order valence-corrected chi connectivity index (χ2v) is 9.50. The molecule has 0 aromatic heterocycles. The van der Waals surface area contributed by atoms with Gasteiger partial charge in [-0.25, -0.2) is 4.79 Å². The Kier molecular flexibility index (Phi) is 14.4. The van der Waals surface area contributed by atoms with Crippen molar-refractivity contribution in [1.29, 1.82) is 0 Å². The van der Waals surface area contributed by atoms with Crippen LogP contribution in [0.1, 0.15) is 53.4 Å². The fourth-order valence-electron chi connectivity index (χ4n) is 2.93. The molecule has 0 aromatic carbocycles. The minimum absolute atomic E-state index is 0.0206. The van der Waals surface area contributed by atoms with E-state index in [4.69, 9.17) is 11.5 Å². The first-order valence-corrected chi connectivity index (χ1v) is 12.4. The Morgan fingerprint density at radius 2 is 1.42 bits per heavy atom. The maximum atomic E-state index is 12.9. The summed E-state index contributed by atoms with van der Waals surface area (Å²) in [6.07, 6.45) is 2.38. The fraction of sp³-hybridized carbons (Fsp3) is 0.762. The highest BCUT2D eigenvalue weighted by Crippen LogP contribution is 2.10. The van der Waals surface area contributed by atoms with Crippen molar-refractivity contribution in [1.82, 2.24) is 16.0 Å². The van der Waals surface area contributed by atoms with Gasteiger partial charge in [0.1, 0.15) is 18.1 Å². The van der Waals surface area contributed by atoms with Crippen molar-refractivity contribution in [3.8, 4) is 0 Å². The number of nitrogens with one attached hydrogen (secondary N) is 3. The maximum Gasteiger partial charge on any atom is 0.326 e. The van der Waals surface area contributed by atoms with Crippen LogP contribution in [-0.2, 0) is 24.0 Å². The van der Waals surface area contributed by atoms with Gasteiger partial charge in [-0.15, -0.1) is 0 Å². The molecule has 190 valence electrons. The normalized spacial score (nSPS) is 15.6. The van der Waals surface area contributed by atoms with E-state index < -0.39 is 60.2 Å². The molecule has 0 aromatic rings. The third kappa shape index (κ3) is 11.9. The highest BCUT2D eigenvalue weighted by atomic mass is 32.2. The fourth-order valence-corrected chi connectivity index (χ4v) is 3.40. The van der Waals surface area contributed by atoms with E-state index in [1.54, 1.807) is 6.26 Å². The Labute approximate surface area is 199 Å². The van der Waals surface area contributed by atoms with Crippen molar-refractivity contribution < 1.29 is 29.1 Å². The van der Waals surface area contributed by atoms with E-state index in [2.05, 4.69) is 16.0 Å². The lowest BCUT2D eigenvalue weighted by Crippen LogP contribution is -2.58. The second kappa shape index (κ2) is 15.5. The minimum Gasteiger partial charge on any atom is -0.480 e. The Morgan fingerprint density at radius 3 is 1.88 bits per heavy atom. The molecule has 8 N–H and O–H groups in total. The Bertz CT molecular complexity index is 690. The molecule has 0 rings (SSSR count). The smallest absolute Gasteiger partial charge is 0.326 e. The minimum atomic E-state index is -1.39. The van der Waals surface area contributed by atoms with Crippen LogP contribution >= 0.6 is 11.8 Å². The van der Waals surface area contributed by atoms with Gasteiger partial charge in [0, 0.05) is 0 Å². The van der Waals surface area contributed by atoms with E-state index in [1.165, 1.54) is 11.8 Å². The van der Waals surface area contributed by atoms with Gasteiger partial charge in [0.15, 0.2) is 0 Å². The van der Waals surface area contributed by atoms with Gasteiger partial charge in [-0.2, -0.15) is 11.8 Å². The summed E-state index contributed by atoms with van der Waals surface area (Å²) in [4.78, 5) is 61.1. The van der Waals surface area contributed by atoms with Crippen LogP contribution in [0.25, 0.3) is 0 Å². The topological polar surface area (TPSA) is 194 Å². The number of amides is 4. The molecule has 0 aliphatic heterocycles. The summed E-state index contributed by atoms with van der Waals surface area (Å²) < 4.78 is 0. The van der Waals surface area contributed by atoms with Crippen molar-refractivity contribution in [3.63, 3.8) is 0 Å². The van der Waals surface area contributed by atoms with Gasteiger partial charge in [-0.05, 0) is 36.7 Å². The van der Waals surface area contributed by atoms with Gasteiger partial charge in [0.05, 0.1) is 12.5 Å². The number of thioether (sulfide) groups is 1. The second-order valence-electron chi connectivity index (χ2n) is 8.51. The predicted molar refractivity (Wildman–Crippen MR) is 127 cm³/mol. The number of primary amides is 1. The van der Waals surface area contributed by atoms with Crippen molar-refractivity contribution in [2.24, 2.45) is 23.3 Å². The van der Waals surface area contributed by atoms with Crippen molar-refractivity contribution in [2.45, 2.75) is 77.5 Å². The number of nitrogens with two attached hydrogens (primary N) is 2. The molecule has 5 unspecified atom stereocenters. The van der Waals surface area contributed by atoms with Gasteiger partial charge in [-0.1, -0.05) is 34.1 Å². The van der Waals surface area contributed by atoms with Crippen LogP contribution in [0.3, 0.4) is 0 Å². The van der Waals surface area contributed by atoms with Crippen molar-refractivity contribution >= 4 is 41.4 Å². The van der Waals surface area contributed by atoms with Crippen LogP contribution in [0.2, 0.25) is 0 Å². The number of rotatable bonds is 16. The molecule has 0 saturated heterocycles. The average molecular weight is 490 g/mol. The van der Waals surface area contributed by atoms with Gasteiger partial charge < -0.3 is 32.5 Å². The summed E-state index contributed by atoms with van der Waals surface area (Å²) in [5.74, 6) is -3.71. The zero-order valence-corrected chi connectivity index (χ0v) is 20.9. The van der Waals surface area contributed by atoms with Crippen LogP contribution in [0.5, 0.6) is 0 Å². The van der Waals surface area contributed by atoms with Crippen molar-refractivity contribution in [2.75, 3.05) is 12.0 Å². The highest BCUT2D eigenvalue weighted by molar-refractivity contribution is 7.98. The van der Waals surface area contributed by atoms with Gasteiger partial charge >= 0.3 is 5.97 Å². The molecule has 0 saturated carbocycles. The highest BCUT2D eigenvalue weighted by Gasteiger charge is 2.32. The molecule has 5 atom stereocenters. The molecular weight excluding hydrogens is 450 g/mol. The molecule has 0 radical (unpaired) electrons. The number of hydrogen-bond acceptors (Lipinski definition) is 7. The Balaban J connectivity index is 5.52. The first-order chi connectivity index (χ1) is 15.3. The van der Waals surface area contributed by atoms with Gasteiger partial charge in [0.25, 0.3) is 0 Å². The molecular formula is C21H39N5O6S. The first kappa shape index (κ1) is 30.7. The quantitative estimate of drug-likeness (QED) is 0.168. The van der Waals surface area contributed by atoms with Crippen molar-refractivity contribution in [3.05, 3.63) is 0 Å². The third-order valence-corrected chi connectivity index (χ3v) is 5.81. The number of carboxylic acids is 1. The van der Waals surface area contributed by atoms with Crippen LogP contribution in [0, 0.1) is 11.8 Å². The monoisotopic (exact) mass is 489 g/mol. The molecule has 0 spiro atoms. The Morgan fingerprint density at radius 1 is 0.909 bits per heavy atom. The van der Waals surface area contributed by atoms with E-state index in [9.17, 15) is 29.1 Å². The van der Waals surface area contributed by atoms with Crippen LogP contribution in [0.4, 0.5) is 0 Å². The summed E-state index contributed by atoms with van der Waals surface area (Å²) >= 11 is 1.42. The SMILES string of the molecule is CCC(C)C(N)C(=O)NC(CC(C)C)C(=O)NC(CC(N)=O)C(=O)NC(CCSC)C(=O)O. The molecule has 0 bridgehead atoms.